The van der Waals surface area contributed by atoms with E-state index < -0.39 is 6.17 Å². The SMILES string of the molecule is Cc1[nH]c2ccccc2c1C(=O)CSC1=NNC2C(=O)N(c3ccc(Br)cc3)C=CN12. The third kappa shape index (κ3) is 3.53. The van der Waals surface area contributed by atoms with Crippen molar-refractivity contribution in [3.05, 3.63) is 76.7 Å². The fraction of sp³-hybridized carbons (Fsp3) is 0.136. The standard InChI is InChI=1S/C22H18BrN5O2S/c1-13-19(16-4-2-3-5-17(16)24-13)18(29)12-31-22-26-25-20-21(30)27(10-11-28(20)22)15-8-6-14(23)7-9-15/h2-11,20,24-25H,12H2,1H3. The molecule has 0 bridgehead atoms. The van der Waals surface area contributed by atoms with Crippen molar-refractivity contribution in [1.29, 1.82) is 0 Å². The molecule has 156 valence electrons. The second-order valence-electron chi connectivity index (χ2n) is 7.20. The molecule has 0 spiro atoms. The first-order valence-electron chi connectivity index (χ1n) is 9.65. The summed E-state index contributed by atoms with van der Waals surface area (Å²) in [6.07, 6.45) is 2.90. The van der Waals surface area contributed by atoms with Crippen molar-refractivity contribution in [1.82, 2.24) is 15.3 Å². The molecule has 0 fully saturated rings. The summed E-state index contributed by atoms with van der Waals surface area (Å²) < 4.78 is 0.947. The molecule has 0 saturated carbocycles. The number of thioether (sulfide) groups is 1. The number of fused-ring (bicyclic) bond motifs is 2. The molecule has 0 aliphatic carbocycles. The van der Waals surface area contributed by atoms with Gasteiger partial charge in [-0.05, 0) is 37.3 Å². The quantitative estimate of drug-likeness (QED) is 0.530. The topological polar surface area (TPSA) is 80.8 Å². The number of benzene rings is 2. The zero-order valence-electron chi connectivity index (χ0n) is 16.5. The van der Waals surface area contributed by atoms with Gasteiger partial charge >= 0.3 is 0 Å². The van der Waals surface area contributed by atoms with Gasteiger partial charge in [0.1, 0.15) is 0 Å². The molecule has 31 heavy (non-hydrogen) atoms. The lowest BCUT2D eigenvalue weighted by Gasteiger charge is -2.31. The summed E-state index contributed by atoms with van der Waals surface area (Å²) in [7, 11) is 0. The Morgan fingerprint density at radius 2 is 1.94 bits per heavy atom. The first-order valence-corrected chi connectivity index (χ1v) is 11.4. The number of carbonyl (C=O) groups is 2. The molecule has 0 saturated heterocycles. The molecular formula is C22H18BrN5O2S. The van der Waals surface area contributed by atoms with Gasteiger partial charge in [0.15, 0.2) is 11.0 Å². The number of aromatic amines is 1. The van der Waals surface area contributed by atoms with Crippen LogP contribution in [0.3, 0.4) is 0 Å². The van der Waals surface area contributed by atoms with Crippen molar-refractivity contribution in [2.75, 3.05) is 10.7 Å². The second kappa shape index (κ2) is 7.90. The number of rotatable bonds is 4. The number of aryl methyl sites for hydroxylation is 1. The molecule has 9 heteroatoms. The van der Waals surface area contributed by atoms with Gasteiger partial charge in [0.2, 0.25) is 6.17 Å². The Labute approximate surface area is 191 Å². The molecule has 2 N–H and O–H groups in total. The second-order valence-corrected chi connectivity index (χ2v) is 9.06. The Hall–Kier alpha value is -3.04. The normalized spacial score (nSPS) is 17.7. The molecule has 3 aromatic rings. The van der Waals surface area contributed by atoms with Gasteiger partial charge in [0, 0.05) is 44.7 Å². The Balaban J connectivity index is 1.30. The van der Waals surface area contributed by atoms with Gasteiger partial charge in [-0.1, -0.05) is 45.9 Å². The summed E-state index contributed by atoms with van der Waals surface area (Å²) in [5.41, 5.74) is 6.18. The molecule has 2 aliphatic heterocycles. The van der Waals surface area contributed by atoms with Crippen LogP contribution in [0.15, 0.2) is 70.5 Å². The lowest BCUT2D eigenvalue weighted by molar-refractivity contribution is -0.122. The number of aromatic nitrogens is 1. The van der Waals surface area contributed by atoms with E-state index >= 15 is 0 Å². The molecule has 0 radical (unpaired) electrons. The average Bonchev–Trinajstić information content (AvgIpc) is 3.33. The molecule has 2 aromatic carbocycles. The smallest absolute Gasteiger partial charge is 0.276 e. The molecule has 7 nitrogen and oxygen atoms in total. The predicted molar refractivity (Wildman–Crippen MR) is 127 cm³/mol. The van der Waals surface area contributed by atoms with Crippen molar-refractivity contribution < 1.29 is 9.59 Å². The van der Waals surface area contributed by atoms with E-state index in [9.17, 15) is 9.59 Å². The highest BCUT2D eigenvalue weighted by Crippen LogP contribution is 2.28. The monoisotopic (exact) mass is 495 g/mol. The largest absolute Gasteiger partial charge is 0.358 e. The number of H-pyrrole nitrogens is 1. The van der Waals surface area contributed by atoms with Crippen LogP contribution in [0.25, 0.3) is 10.9 Å². The van der Waals surface area contributed by atoms with E-state index in [4.69, 9.17) is 0 Å². The highest BCUT2D eigenvalue weighted by Gasteiger charge is 2.38. The van der Waals surface area contributed by atoms with Crippen LogP contribution in [0.2, 0.25) is 0 Å². The highest BCUT2D eigenvalue weighted by molar-refractivity contribution is 9.10. The van der Waals surface area contributed by atoms with Gasteiger partial charge in [-0.3, -0.25) is 24.8 Å². The number of Topliss-reactive ketones (excluding diaryl/α,β-unsaturated/α-hetero) is 1. The van der Waals surface area contributed by atoms with Crippen LogP contribution in [0.1, 0.15) is 16.1 Å². The molecule has 3 heterocycles. The van der Waals surface area contributed by atoms with Crippen molar-refractivity contribution in [3.8, 4) is 0 Å². The fourth-order valence-corrected chi connectivity index (χ4v) is 4.88. The molecule has 1 aromatic heterocycles. The maximum Gasteiger partial charge on any atom is 0.276 e. The first kappa shape index (κ1) is 19.9. The van der Waals surface area contributed by atoms with E-state index in [0.717, 1.165) is 26.8 Å². The van der Waals surface area contributed by atoms with Gasteiger partial charge in [-0.15, -0.1) is 0 Å². The zero-order chi connectivity index (χ0) is 21.5. The number of hydrazone groups is 1. The lowest BCUT2D eigenvalue weighted by atomic mass is 10.1. The number of nitrogens with one attached hydrogen (secondary N) is 2. The van der Waals surface area contributed by atoms with Crippen LogP contribution >= 0.6 is 27.7 Å². The Bertz CT molecular complexity index is 1250. The number of hydrogen-bond donors (Lipinski definition) is 2. The minimum atomic E-state index is -0.624. The van der Waals surface area contributed by atoms with Crippen LogP contribution in [-0.2, 0) is 4.79 Å². The lowest BCUT2D eigenvalue weighted by Crippen LogP contribution is -2.52. The predicted octanol–water partition coefficient (Wildman–Crippen LogP) is 4.18. The Morgan fingerprint density at radius 1 is 1.16 bits per heavy atom. The Kier molecular flexibility index (Phi) is 5.07. The molecule has 2 aliphatic rings. The minimum absolute atomic E-state index is 0.0231. The van der Waals surface area contributed by atoms with E-state index in [1.165, 1.54) is 11.8 Å². The fourth-order valence-electron chi connectivity index (χ4n) is 3.77. The Morgan fingerprint density at radius 3 is 2.74 bits per heavy atom. The third-order valence-electron chi connectivity index (χ3n) is 5.24. The number of amides is 1. The van der Waals surface area contributed by atoms with Gasteiger partial charge in [-0.2, -0.15) is 5.10 Å². The number of para-hydroxylation sites is 1. The first-order chi connectivity index (χ1) is 15.0. The van der Waals surface area contributed by atoms with Crippen LogP contribution in [-0.4, -0.2) is 38.7 Å². The van der Waals surface area contributed by atoms with E-state index in [2.05, 4.69) is 31.4 Å². The summed E-state index contributed by atoms with van der Waals surface area (Å²) in [6, 6.07) is 15.3. The molecule has 1 unspecified atom stereocenters. The molecule has 1 amide bonds. The number of hydrogen-bond acceptors (Lipinski definition) is 6. The maximum atomic E-state index is 13.0. The van der Waals surface area contributed by atoms with Crippen LogP contribution in [0.5, 0.6) is 0 Å². The van der Waals surface area contributed by atoms with Gasteiger partial charge in [-0.25, -0.2) is 0 Å². The number of amidine groups is 1. The van der Waals surface area contributed by atoms with E-state index in [-0.39, 0.29) is 17.4 Å². The highest BCUT2D eigenvalue weighted by atomic mass is 79.9. The summed E-state index contributed by atoms with van der Waals surface area (Å²) >= 11 is 4.72. The van der Waals surface area contributed by atoms with Gasteiger partial charge in [0.25, 0.3) is 5.91 Å². The van der Waals surface area contributed by atoms with Crippen molar-refractivity contribution >= 4 is 61.1 Å². The minimum Gasteiger partial charge on any atom is -0.358 e. The van der Waals surface area contributed by atoms with E-state index in [1.54, 1.807) is 22.2 Å². The summed E-state index contributed by atoms with van der Waals surface area (Å²) in [5.74, 6) is 0.114. The summed E-state index contributed by atoms with van der Waals surface area (Å²) in [5, 5.41) is 5.82. The van der Waals surface area contributed by atoms with Crippen molar-refractivity contribution in [2.24, 2.45) is 5.10 Å². The number of anilines is 1. The summed E-state index contributed by atoms with van der Waals surface area (Å²) in [4.78, 5) is 32.5. The molecular weight excluding hydrogens is 478 g/mol. The van der Waals surface area contributed by atoms with Crippen molar-refractivity contribution in [3.63, 3.8) is 0 Å². The zero-order valence-corrected chi connectivity index (χ0v) is 18.9. The number of ketones is 1. The number of halogens is 1. The number of nitrogens with zero attached hydrogens (tertiary/aromatic N) is 3. The number of carbonyl (C=O) groups excluding carboxylic acids is 2. The molecule has 1 atom stereocenters. The van der Waals surface area contributed by atoms with Crippen LogP contribution in [0, 0.1) is 6.92 Å². The van der Waals surface area contributed by atoms with E-state index in [0.29, 0.717) is 10.7 Å². The summed E-state index contributed by atoms with van der Waals surface area (Å²) in [6.45, 7) is 1.91. The maximum absolute atomic E-state index is 13.0. The van der Waals surface area contributed by atoms with Crippen LogP contribution < -0.4 is 10.3 Å². The molecule has 5 rings (SSSR count). The van der Waals surface area contributed by atoms with Gasteiger partial charge < -0.3 is 4.98 Å². The van der Waals surface area contributed by atoms with E-state index in [1.807, 2.05) is 55.5 Å². The van der Waals surface area contributed by atoms with Crippen molar-refractivity contribution in [2.45, 2.75) is 13.1 Å². The third-order valence-corrected chi connectivity index (χ3v) is 6.73. The van der Waals surface area contributed by atoms with Crippen LogP contribution in [0.4, 0.5) is 5.69 Å². The van der Waals surface area contributed by atoms with Gasteiger partial charge in [0.05, 0.1) is 5.75 Å². The average molecular weight is 496 g/mol.